The average Bonchev–Trinajstić information content (AvgIpc) is 2.41. The van der Waals surface area contributed by atoms with E-state index >= 15 is 0 Å². The Labute approximate surface area is 84.2 Å². The van der Waals surface area contributed by atoms with E-state index < -0.39 is 0 Å². The highest BCUT2D eigenvalue weighted by Gasteiger charge is 2.13. The van der Waals surface area contributed by atoms with Crippen LogP contribution >= 0.6 is 22.9 Å². The summed E-state index contributed by atoms with van der Waals surface area (Å²) in [6.45, 7) is 1.69. The predicted molar refractivity (Wildman–Crippen MR) is 49.8 cm³/mol. The topological polar surface area (TPSA) is 65.8 Å². The molecule has 0 bridgehead atoms. The van der Waals surface area contributed by atoms with Crippen LogP contribution in [0.3, 0.4) is 0 Å². The molecule has 0 atom stereocenters. The minimum absolute atomic E-state index is 0.00616. The van der Waals surface area contributed by atoms with Crippen LogP contribution in [0.4, 0.5) is 0 Å². The van der Waals surface area contributed by atoms with Crippen LogP contribution in [0.15, 0.2) is 0 Å². The van der Waals surface area contributed by atoms with Gasteiger partial charge in [-0.25, -0.2) is 4.98 Å². The normalized spacial score (nSPS) is 9.31. The fourth-order valence-electron chi connectivity index (χ4n) is 0.774. The van der Waals surface area contributed by atoms with Gasteiger partial charge in [-0.3, -0.25) is 4.79 Å². The molecule has 0 aromatic carbocycles. The molecule has 6 heteroatoms. The van der Waals surface area contributed by atoms with Crippen molar-refractivity contribution in [2.45, 2.75) is 6.92 Å². The third-order valence-corrected chi connectivity index (χ3v) is 2.57. The monoisotopic (exact) mass is 215 g/mol. The van der Waals surface area contributed by atoms with Crippen LogP contribution in [0.25, 0.3) is 0 Å². The summed E-state index contributed by atoms with van der Waals surface area (Å²) in [5.74, 6) is -0.302. The second kappa shape index (κ2) is 4.21. The SMILES string of the molecule is Cc1nc(Cl)sc1C(=O)NCC#N. The Morgan fingerprint density at radius 3 is 3.00 bits per heavy atom. The first-order chi connectivity index (χ1) is 6.15. The molecule has 0 unspecified atom stereocenters. The molecule has 0 saturated carbocycles. The lowest BCUT2D eigenvalue weighted by Crippen LogP contribution is -2.23. The first-order valence-electron chi connectivity index (χ1n) is 3.43. The summed E-state index contributed by atoms with van der Waals surface area (Å²) in [5, 5.41) is 10.6. The van der Waals surface area contributed by atoms with Gasteiger partial charge in [0.1, 0.15) is 11.4 Å². The summed E-state index contributed by atoms with van der Waals surface area (Å²) in [7, 11) is 0. The highest BCUT2D eigenvalue weighted by Crippen LogP contribution is 2.21. The number of nitrogens with one attached hydrogen (secondary N) is 1. The quantitative estimate of drug-likeness (QED) is 0.758. The van der Waals surface area contributed by atoms with Crippen LogP contribution < -0.4 is 5.32 Å². The first kappa shape index (κ1) is 9.96. The molecule has 0 aliphatic rings. The molecule has 1 heterocycles. The fourth-order valence-corrected chi connectivity index (χ4v) is 1.84. The van der Waals surface area contributed by atoms with Crippen LogP contribution in [-0.2, 0) is 0 Å². The number of carbonyl (C=O) groups is 1. The van der Waals surface area contributed by atoms with E-state index in [4.69, 9.17) is 16.9 Å². The molecule has 1 rings (SSSR count). The summed E-state index contributed by atoms with van der Waals surface area (Å²) in [6, 6.07) is 1.81. The molecule has 1 amide bonds. The molecule has 1 N–H and O–H groups in total. The van der Waals surface area contributed by atoms with Gasteiger partial charge in [-0.1, -0.05) is 22.9 Å². The standard InChI is InChI=1S/C7H6ClN3OS/c1-4-5(13-7(8)11-4)6(12)10-3-2-9/h3H2,1H3,(H,10,12). The second-order valence-electron chi connectivity index (χ2n) is 2.22. The van der Waals surface area contributed by atoms with Crippen LogP contribution in [0, 0.1) is 18.3 Å². The van der Waals surface area contributed by atoms with Gasteiger partial charge < -0.3 is 5.32 Å². The molecule has 68 valence electrons. The van der Waals surface area contributed by atoms with Crippen molar-refractivity contribution in [1.29, 1.82) is 5.26 Å². The minimum atomic E-state index is -0.302. The van der Waals surface area contributed by atoms with E-state index in [0.29, 0.717) is 15.0 Å². The Balaban J connectivity index is 2.78. The molecule has 13 heavy (non-hydrogen) atoms. The zero-order chi connectivity index (χ0) is 9.84. The lowest BCUT2D eigenvalue weighted by atomic mass is 10.4. The Hall–Kier alpha value is -1.12. The zero-order valence-corrected chi connectivity index (χ0v) is 8.37. The average molecular weight is 216 g/mol. The summed E-state index contributed by atoms with van der Waals surface area (Å²) in [6.07, 6.45) is 0. The molecule has 0 aliphatic carbocycles. The Kier molecular flexibility index (Phi) is 3.23. The van der Waals surface area contributed by atoms with Gasteiger partial charge in [0.05, 0.1) is 11.8 Å². The van der Waals surface area contributed by atoms with Gasteiger partial charge in [0.2, 0.25) is 0 Å². The second-order valence-corrected chi connectivity index (χ2v) is 3.80. The number of nitriles is 1. The van der Waals surface area contributed by atoms with Crippen LogP contribution in [0.2, 0.25) is 4.47 Å². The number of nitrogens with zero attached hydrogens (tertiary/aromatic N) is 2. The molecule has 0 fully saturated rings. The Morgan fingerprint density at radius 1 is 1.85 bits per heavy atom. The van der Waals surface area contributed by atoms with Crippen molar-refractivity contribution in [3.05, 3.63) is 15.0 Å². The number of thiazole rings is 1. The van der Waals surface area contributed by atoms with Gasteiger partial charge in [0.25, 0.3) is 5.91 Å². The van der Waals surface area contributed by atoms with Crippen LogP contribution in [0.5, 0.6) is 0 Å². The molecule has 0 saturated heterocycles. The van der Waals surface area contributed by atoms with Crippen molar-refractivity contribution >= 4 is 28.8 Å². The van der Waals surface area contributed by atoms with E-state index in [2.05, 4.69) is 10.3 Å². The number of amides is 1. The van der Waals surface area contributed by atoms with Crippen molar-refractivity contribution in [1.82, 2.24) is 10.3 Å². The third kappa shape index (κ3) is 2.41. The number of aromatic nitrogens is 1. The van der Waals surface area contributed by atoms with Crippen molar-refractivity contribution in [2.75, 3.05) is 6.54 Å². The lowest BCUT2D eigenvalue weighted by Gasteiger charge is -1.96. The van der Waals surface area contributed by atoms with Gasteiger partial charge in [-0.2, -0.15) is 5.26 Å². The predicted octanol–water partition coefficient (Wildman–Crippen LogP) is 1.36. The van der Waals surface area contributed by atoms with Gasteiger partial charge in [-0.15, -0.1) is 0 Å². The first-order valence-corrected chi connectivity index (χ1v) is 4.62. The highest BCUT2D eigenvalue weighted by atomic mass is 35.5. The van der Waals surface area contributed by atoms with Gasteiger partial charge in [0, 0.05) is 0 Å². The number of halogens is 1. The fraction of sp³-hybridized carbons (Fsp3) is 0.286. The molecule has 0 radical (unpaired) electrons. The molecule has 0 spiro atoms. The van der Waals surface area contributed by atoms with E-state index in [1.54, 1.807) is 6.92 Å². The largest absolute Gasteiger partial charge is 0.338 e. The lowest BCUT2D eigenvalue weighted by molar-refractivity contribution is 0.0962. The van der Waals surface area contributed by atoms with Crippen molar-refractivity contribution < 1.29 is 4.79 Å². The van der Waals surface area contributed by atoms with Crippen molar-refractivity contribution in [3.63, 3.8) is 0 Å². The molecule has 0 aliphatic heterocycles. The number of hydrogen-bond acceptors (Lipinski definition) is 4. The Morgan fingerprint density at radius 2 is 2.54 bits per heavy atom. The van der Waals surface area contributed by atoms with E-state index in [0.717, 1.165) is 11.3 Å². The molecule has 4 nitrogen and oxygen atoms in total. The van der Waals surface area contributed by atoms with E-state index in [1.807, 2.05) is 6.07 Å². The zero-order valence-electron chi connectivity index (χ0n) is 6.80. The van der Waals surface area contributed by atoms with Crippen LogP contribution in [-0.4, -0.2) is 17.4 Å². The summed E-state index contributed by atoms with van der Waals surface area (Å²) < 4.78 is 0.333. The van der Waals surface area contributed by atoms with Gasteiger partial charge in [-0.05, 0) is 6.92 Å². The number of carbonyl (C=O) groups excluding carboxylic acids is 1. The maximum Gasteiger partial charge on any atom is 0.264 e. The Bertz CT molecular complexity index is 368. The van der Waals surface area contributed by atoms with Crippen molar-refractivity contribution in [3.8, 4) is 6.07 Å². The summed E-state index contributed by atoms with van der Waals surface area (Å²) >= 11 is 6.71. The van der Waals surface area contributed by atoms with E-state index in [9.17, 15) is 4.79 Å². The molecule has 1 aromatic rings. The van der Waals surface area contributed by atoms with E-state index in [1.165, 1.54) is 0 Å². The van der Waals surface area contributed by atoms with Crippen molar-refractivity contribution in [2.24, 2.45) is 0 Å². The van der Waals surface area contributed by atoms with Gasteiger partial charge >= 0.3 is 0 Å². The maximum atomic E-state index is 11.3. The minimum Gasteiger partial charge on any atom is -0.338 e. The van der Waals surface area contributed by atoms with Crippen LogP contribution in [0.1, 0.15) is 15.4 Å². The number of hydrogen-bond donors (Lipinski definition) is 1. The summed E-state index contributed by atoms with van der Waals surface area (Å²) in [5.41, 5.74) is 0.588. The highest BCUT2D eigenvalue weighted by molar-refractivity contribution is 7.17. The maximum absolute atomic E-state index is 11.3. The molecular weight excluding hydrogens is 210 g/mol. The number of rotatable bonds is 2. The van der Waals surface area contributed by atoms with Gasteiger partial charge in [0.15, 0.2) is 4.47 Å². The van der Waals surface area contributed by atoms with E-state index in [-0.39, 0.29) is 12.5 Å². The molecular formula is C7H6ClN3OS. The number of aryl methyl sites for hydroxylation is 1. The third-order valence-electron chi connectivity index (χ3n) is 1.30. The molecule has 1 aromatic heterocycles. The summed E-state index contributed by atoms with van der Waals surface area (Å²) in [4.78, 5) is 15.6. The smallest absolute Gasteiger partial charge is 0.264 e.